The third kappa shape index (κ3) is 5.27. The number of aliphatic hydroxyl groups is 2. The van der Waals surface area contributed by atoms with Gasteiger partial charge in [-0.3, -0.25) is 5.41 Å². The minimum Gasteiger partial charge on any atom is -0.394 e. The van der Waals surface area contributed by atoms with Crippen molar-refractivity contribution in [3.63, 3.8) is 0 Å². The summed E-state index contributed by atoms with van der Waals surface area (Å²) in [5.41, 5.74) is -7.70. The Kier molecular flexibility index (Phi) is 6.63. The second-order valence-corrected chi connectivity index (χ2v) is 7.14. The van der Waals surface area contributed by atoms with Crippen molar-refractivity contribution in [3.05, 3.63) is 39.0 Å². The van der Waals surface area contributed by atoms with E-state index in [9.17, 15) is 36.6 Å². The highest BCUT2D eigenvalue weighted by atomic mass is 35.5. The third-order valence-electron chi connectivity index (χ3n) is 3.69. The van der Waals surface area contributed by atoms with Gasteiger partial charge in [0, 0.05) is 5.56 Å². The second-order valence-electron chi connectivity index (χ2n) is 5.66. The van der Waals surface area contributed by atoms with E-state index < -0.39 is 69.2 Å². The number of rotatable bonds is 4. The number of nitriles is 1. The molecule has 0 saturated carbocycles. The van der Waals surface area contributed by atoms with Gasteiger partial charge in [0.15, 0.2) is 0 Å². The first kappa shape index (κ1) is 23.1. The molecule has 0 saturated heterocycles. The zero-order chi connectivity index (χ0) is 22.1. The fourth-order valence-electron chi connectivity index (χ4n) is 2.49. The van der Waals surface area contributed by atoms with Crippen molar-refractivity contribution in [1.29, 1.82) is 10.7 Å². The molecule has 158 valence electrons. The lowest BCUT2D eigenvalue weighted by Crippen LogP contribution is -2.41. The first-order valence-corrected chi connectivity index (χ1v) is 8.70. The lowest BCUT2D eigenvalue weighted by atomic mass is 9.95. The Morgan fingerprint density at radius 1 is 1.31 bits per heavy atom. The van der Waals surface area contributed by atoms with Gasteiger partial charge >= 0.3 is 11.7 Å². The third-order valence-corrected chi connectivity index (χ3v) is 4.83. The van der Waals surface area contributed by atoms with E-state index in [1.165, 1.54) is 6.07 Å². The van der Waals surface area contributed by atoms with Crippen molar-refractivity contribution in [2.75, 3.05) is 11.9 Å². The summed E-state index contributed by atoms with van der Waals surface area (Å²) in [6.07, 6.45) is -6.54. The topological polar surface area (TPSA) is 112 Å². The Labute approximate surface area is 168 Å². The smallest absolute Gasteiger partial charge is 0.394 e. The first-order valence-electron chi connectivity index (χ1n) is 7.50. The molecule has 2 rings (SSSR count). The van der Waals surface area contributed by atoms with Gasteiger partial charge in [0.05, 0.1) is 33.8 Å². The summed E-state index contributed by atoms with van der Waals surface area (Å²) >= 11 is 5.07. The van der Waals surface area contributed by atoms with Gasteiger partial charge in [-0.2, -0.15) is 31.6 Å². The average molecular weight is 461 g/mol. The predicted molar refractivity (Wildman–Crippen MR) is 93.1 cm³/mol. The molecule has 0 radical (unpaired) electrons. The van der Waals surface area contributed by atoms with Crippen LogP contribution in [0.4, 0.5) is 32.0 Å². The number of allylic oxidation sites excluding steroid dienone is 1. The molecule has 0 fully saturated rings. The molecular weight excluding hydrogens is 450 g/mol. The van der Waals surface area contributed by atoms with Crippen LogP contribution in [0.3, 0.4) is 0 Å². The lowest BCUT2D eigenvalue weighted by molar-refractivity contribution is -0.137. The number of anilines is 1. The number of thioether (sulfide) groups is 1. The molecule has 1 aromatic rings. The van der Waals surface area contributed by atoms with Crippen molar-refractivity contribution < 1.29 is 36.6 Å². The van der Waals surface area contributed by atoms with Crippen LogP contribution in [0.5, 0.6) is 0 Å². The Hall–Kier alpha value is -2.14. The molecule has 14 heteroatoms. The summed E-state index contributed by atoms with van der Waals surface area (Å²) in [5.74, 6) is -0.578. The number of alkyl halides is 6. The van der Waals surface area contributed by atoms with E-state index in [0.29, 0.717) is 12.1 Å². The van der Waals surface area contributed by atoms with Crippen LogP contribution in [0.15, 0.2) is 22.9 Å². The van der Waals surface area contributed by atoms with Crippen molar-refractivity contribution in [2.45, 2.75) is 23.8 Å². The van der Waals surface area contributed by atoms with Gasteiger partial charge in [-0.1, -0.05) is 11.6 Å². The molecule has 0 amide bonds. The molecule has 0 bridgehead atoms. The fourth-order valence-corrected chi connectivity index (χ4v) is 3.35. The summed E-state index contributed by atoms with van der Waals surface area (Å²) in [6, 6.07) is 0.880. The van der Waals surface area contributed by atoms with Gasteiger partial charge in [0.25, 0.3) is 0 Å². The predicted octanol–water partition coefficient (Wildman–Crippen LogP) is 3.73. The van der Waals surface area contributed by atoms with Crippen LogP contribution < -0.4 is 10.6 Å². The van der Waals surface area contributed by atoms with Crippen LogP contribution in [0.25, 0.3) is 0 Å². The number of hydrogen-bond donors (Lipinski definition) is 5. The largest absolute Gasteiger partial charge is 0.446 e. The van der Waals surface area contributed by atoms with Gasteiger partial charge in [0.1, 0.15) is 23.7 Å². The SMILES string of the molecule is N#CC(=N)/C(SC(F)(F)F)=C1\Nc2c(Cl)cc(C(F)(F)F)cc2C(C(O)CO)N1. The van der Waals surface area contributed by atoms with Crippen molar-refractivity contribution >= 4 is 34.8 Å². The molecule has 2 unspecified atom stereocenters. The molecule has 0 aliphatic carbocycles. The average Bonchev–Trinajstić information content (AvgIpc) is 2.62. The molecule has 1 aliphatic heterocycles. The van der Waals surface area contributed by atoms with Crippen LogP contribution >= 0.6 is 23.4 Å². The maximum absolute atomic E-state index is 13.1. The van der Waals surface area contributed by atoms with E-state index in [1.54, 1.807) is 0 Å². The van der Waals surface area contributed by atoms with E-state index in [-0.39, 0.29) is 11.3 Å². The van der Waals surface area contributed by atoms with Crippen LogP contribution in [-0.2, 0) is 6.18 Å². The summed E-state index contributed by atoms with van der Waals surface area (Å²) in [7, 11) is 0. The van der Waals surface area contributed by atoms with Crippen LogP contribution in [0.2, 0.25) is 5.02 Å². The van der Waals surface area contributed by atoms with Gasteiger partial charge in [0.2, 0.25) is 0 Å². The molecule has 1 aliphatic rings. The van der Waals surface area contributed by atoms with Crippen molar-refractivity contribution in [2.24, 2.45) is 0 Å². The fraction of sp³-hybridized carbons (Fsp3) is 0.333. The lowest BCUT2D eigenvalue weighted by Gasteiger charge is -2.35. The molecule has 2 atom stereocenters. The summed E-state index contributed by atoms with van der Waals surface area (Å²) in [5, 5.41) is 39.7. The standard InChI is InChI=1S/C15H11ClF6N4O2S/c16-7-2-5(14(17,18)19)1-6-10(7)25-13(26-11(6)9(28)4-27)12(8(24)3-23)29-15(20,21)22/h1-2,9,11,24-28H,4H2/b13-12-,24-8?. The van der Waals surface area contributed by atoms with Crippen molar-refractivity contribution in [3.8, 4) is 6.07 Å². The molecule has 29 heavy (non-hydrogen) atoms. The number of fused-ring (bicyclic) bond motifs is 1. The van der Waals surface area contributed by atoms with E-state index in [1.807, 2.05) is 0 Å². The Balaban J connectivity index is 2.71. The van der Waals surface area contributed by atoms with Gasteiger partial charge < -0.3 is 20.8 Å². The van der Waals surface area contributed by atoms with Crippen LogP contribution in [0, 0.1) is 16.7 Å². The number of aliphatic hydroxyl groups excluding tert-OH is 2. The van der Waals surface area contributed by atoms with E-state index in [0.717, 1.165) is 0 Å². The summed E-state index contributed by atoms with van der Waals surface area (Å²) < 4.78 is 77.8. The second kappa shape index (κ2) is 8.31. The van der Waals surface area contributed by atoms with Gasteiger partial charge in [-0.25, -0.2) is 0 Å². The minimum absolute atomic E-state index is 0.267. The maximum Gasteiger partial charge on any atom is 0.446 e. The van der Waals surface area contributed by atoms with E-state index in [4.69, 9.17) is 22.3 Å². The molecule has 1 aromatic carbocycles. The Morgan fingerprint density at radius 2 is 1.93 bits per heavy atom. The monoisotopic (exact) mass is 460 g/mol. The number of halogens is 7. The van der Waals surface area contributed by atoms with Crippen LogP contribution in [0.1, 0.15) is 17.2 Å². The van der Waals surface area contributed by atoms with Crippen molar-refractivity contribution in [1.82, 2.24) is 5.32 Å². The summed E-state index contributed by atoms with van der Waals surface area (Å²) in [4.78, 5) is -0.920. The molecule has 6 nitrogen and oxygen atoms in total. The highest BCUT2D eigenvalue weighted by molar-refractivity contribution is 8.04. The molecule has 0 spiro atoms. The normalized spacial score (nSPS) is 19.4. The van der Waals surface area contributed by atoms with E-state index in [2.05, 4.69) is 10.6 Å². The van der Waals surface area contributed by atoms with E-state index >= 15 is 0 Å². The van der Waals surface area contributed by atoms with Gasteiger partial charge in [-0.05, 0) is 23.9 Å². The quantitative estimate of drug-likeness (QED) is 0.346. The maximum atomic E-state index is 13.1. The van der Waals surface area contributed by atoms with Gasteiger partial charge in [-0.15, -0.1) is 0 Å². The number of nitrogens with one attached hydrogen (secondary N) is 3. The number of nitrogens with zero attached hydrogens (tertiary/aromatic N) is 1. The molecule has 0 aromatic heterocycles. The number of hydrogen-bond acceptors (Lipinski definition) is 7. The Bertz CT molecular complexity index is 897. The highest BCUT2D eigenvalue weighted by Gasteiger charge is 2.39. The molecular formula is C15H11ClF6N4O2S. The Morgan fingerprint density at radius 3 is 2.41 bits per heavy atom. The van der Waals surface area contributed by atoms with Crippen LogP contribution in [-0.4, -0.2) is 34.1 Å². The highest BCUT2D eigenvalue weighted by Crippen LogP contribution is 2.44. The molecule has 1 heterocycles. The minimum atomic E-state index is -4.90. The zero-order valence-electron chi connectivity index (χ0n) is 13.9. The molecule has 5 N–H and O–H groups in total. The zero-order valence-corrected chi connectivity index (χ0v) is 15.5. The number of benzene rings is 1. The summed E-state index contributed by atoms with van der Waals surface area (Å²) in [6.45, 7) is -0.949. The first-order chi connectivity index (χ1) is 13.3.